The van der Waals surface area contributed by atoms with Gasteiger partial charge >= 0.3 is 0 Å². The molecule has 0 heterocycles. The standard InChI is InChI=1S/C11H15NO/c1-4-13-12-10(3)11-8-6-5-7-9(11)2/h5-8H,4H2,1-3H3/b12-10+. The zero-order valence-electron chi connectivity index (χ0n) is 8.37. The van der Waals surface area contributed by atoms with Crippen molar-refractivity contribution in [2.75, 3.05) is 6.61 Å². The summed E-state index contributed by atoms with van der Waals surface area (Å²) < 4.78 is 0. The monoisotopic (exact) mass is 177 g/mol. The van der Waals surface area contributed by atoms with Gasteiger partial charge in [0, 0.05) is 5.56 Å². The number of oxime groups is 1. The first-order valence-corrected chi connectivity index (χ1v) is 4.48. The SMILES string of the molecule is CCO/N=C(\C)c1ccccc1C. The Labute approximate surface area is 79.2 Å². The highest BCUT2D eigenvalue weighted by Crippen LogP contribution is 2.08. The number of hydrogen-bond acceptors (Lipinski definition) is 2. The maximum absolute atomic E-state index is 4.99. The Balaban J connectivity index is 2.88. The molecule has 2 heteroatoms. The van der Waals surface area contributed by atoms with Gasteiger partial charge in [0.15, 0.2) is 0 Å². The third-order valence-corrected chi connectivity index (χ3v) is 1.87. The van der Waals surface area contributed by atoms with Gasteiger partial charge in [-0.15, -0.1) is 0 Å². The molecular formula is C11H15NO. The maximum Gasteiger partial charge on any atom is 0.114 e. The van der Waals surface area contributed by atoms with Gasteiger partial charge in [-0.2, -0.15) is 0 Å². The van der Waals surface area contributed by atoms with Crippen molar-refractivity contribution >= 4 is 5.71 Å². The van der Waals surface area contributed by atoms with Gasteiger partial charge in [0.25, 0.3) is 0 Å². The van der Waals surface area contributed by atoms with E-state index in [9.17, 15) is 0 Å². The van der Waals surface area contributed by atoms with Crippen molar-refractivity contribution in [1.29, 1.82) is 0 Å². The van der Waals surface area contributed by atoms with Gasteiger partial charge in [-0.1, -0.05) is 29.4 Å². The van der Waals surface area contributed by atoms with E-state index in [1.807, 2.05) is 32.0 Å². The van der Waals surface area contributed by atoms with Crippen molar-refractivity contribution in [3.05, 3.63) is 35.4 Å². The third kappa shape index (κ3) is 2.58. The molecule has 0 atom stereocenters. The van der Waals surface area contributed by atoms with Crippen LogP contribution in [0.25, 0.3) is 0 Å². The van der Waals surface area contributed by atoms with Gasteiger partial charge in [-0.3, -0.25) is 0 Å². The molecule has 0 bridgehead atoms. The Morgan fingerprint density at radius 3 is 2.69 bits per heavy atom. The van der Waals surface area contributed by atoms with Crippen LogP contribution in [0.15, 0.2) is 29.4 Å². The molecule has 2 nitrogen and oxygen atoms in total. The Hall–Kier alpha value is -1.31. The molecule has 0 spiro atoms. The van der Waals surface area contributed by atoms with Crippen molar-refractivity contribution in [1.82, 2.24) is 0 Å². The lowest BCUT2D eigenvalue weighted by Gasteiger charge is -2.03. The van der Waals surface area contributed by atoms with Crippen LogP contribution < -0.4 is 0 Å². The molecular weight excluding hydrogens is 162 g/mol. The lowest BCUT2D eigenvalue weighted by molar-refractivity contribution is 0.159. The second-order valence-electron chi connectivity index (χ2n) is 2.91. The van der Waals surface area contributed by atoms with Crippen molar-refractivity contribution < 1.29 is 4.84 Å². The van der Waals surface area contributed by atoms with Crippen molar-refractivity contribution in [2.45, 2.75) is 20.8 Å². The molecule has 0 amide bonds. The van der Waals surface area contributed by atoms with Crippen molar-refractivity contribution in [3.8, 4) is 0 Å². The summed E-state index contributed by atoms with van der Waals surface area (Å²) in [7, 11) is 0. The highest BCUT2D eigenvalue weighted by atomic mass is 16.6. The fraction of sp³-hybridized carbons (Fsp3) is 0.364. The van der Waals surface area contributed by atoms with Crippen LogP contribution in [0.3, 0.4) is 0 Å². The zero-order chi connectivity index (χ0) is 9.68. The van der Waals surface area contributed by atoms with Crippen LogP contribution in [-0.4, -0.2) is 12.3 Å². The van der Waals surface area contributed by atoms with E-state index in [1.165, 1.54) is 5.56 Å². The second-order valence-corrected chi connectivity index (χ2v) is 2.91. The molecule has 0 aliphatic carbocycles. The molecule has 0 saturated carbocycles. The van der Waals surface area contributed by atoms with Crippen LogP contribution in [0.2, 0.25) is 0 Å². The fourth-order valence-corrected chi connectivity index (χ4v) is 1.19. The summed E-state index contributed by atoms with van der Waals surface area (Å²) in [5.74, 6) is 0. The maximum atomic E-state index is 4.99. The Bertz CT molecular complexity index is 305. The second kappa shape index (κ2) is 4.65. The minimum absolute atomic E-state index is 0.614. The number of hydrogen-bond donors (Lipinski definition) is 0. The number of nitrogens with zero attached hydrogens (tertiary/aromatic N) is 1. The summed E-state index contributed by atoms with van der Waals surface area (Å²) in [6, 6.07) is 8.15. The molecule has 0 aromatic heterocycles. The van der Waals surface area contributed by atoms with Crippen molar-refractivity contribution in [3.63, 3.8) is 0 Å². The Morgan fingerprint density at radius 2 is 2.08 bits per heavy atom. The van der Waals surface area contributed by atoms with Crippen LogP contribution in [0.4, 0.5) is 0 Å². The average molecular weight is 177 g/mol. The smallest absolute Gasteiger partial charge is 0.114 e. The van der Waals surface area contributed by atoms with Crippen LogP contribution >= 0.6 is 0 Å². The number of aryl methyl sites for hydroxylation is 1. The predicted octanol–water partition coefficient (Wildman–Crippen LogP) is 2.76. The normalized spacial score (nSPS) is 11.5. The van der Waals surface area contributed by atoms with E-state index < -0.39 is 0 Å². The molecule has 0 saturated heterocycles. The number of rotatable bonds is 3. The van der Waals surface area contributed by atoms with Gasteiger partial charge in [0.1, 0.15) is 6.61 Å². The topological polar surface area (TPSA) is 21.6 Å². The van der Waals surface area contributed by atoms with Gasteiger partial charge in [0.2, 0.25) is 0 Å². The van der Waals surface area contributed by atoms with Gasteiger partial charge in [0.05, 0.1) is 5.71 Å². The lowest BCUT2D eigenvalue weighted by atomic mass is 10.1. The summed E-state index contributed by atoms with van der Waals surface area (Å²) >= 11 is 0. The van der Waals surface area contributed by atoms with E-state index in [2.05, 4.69) is 18.1 Å². The molecule has 0 aliphatic rings. The summed E-state index contributed by atoms with van der Waals surface area (Å²) in [5, 5.41) is 3.99. The Morgan fingerprint density at radius 1 is 1.38 bits per heavy atom. The first kappa shape index (κ1) is 9.78. The minimum Gasteiger partial charge on any atom is -0.396 e. The van der Waals surface area contributed by atoms with Gasteiger partial charge < -0.3 is 4.84 Å². The summed E-state index contributed by atoms with van der Waals surface area (Å²) in [6.45, 7) is 6.57. The van der Waals surface area contributed by atoms with Gasteiger partial charge in [-0.25, -0.2) is 0 Å². The number of benzene rings is 1. The van der Waals surface area contributed by atoms with Crippen LogP contribution in [0, 0.1) is 6.92 Å². The first-order valence-electron chi connectivity index (χ1n) is 4.48. The summed E-state index contributed by atoms with van der Waals surface area (Å²) in [6.07, 6.45) is 0. The molecule has 1 aromatic carbocycles. The third-order valence-electron chi connectivity index (χ3n) is 1.87. The highest BCUT2D eigenvalue weighted by Gasteiger charge is 2.00. The van der Waals surface area contributed by atoms with E-state index in [4.69, 9.17) is 4.84 Å². The van der Waals surface area contributed by atoms with Crippen LogP contribution in [0.5, 0.6) is 0 Å². The van der Waals surface area contributed by atoms with Crippen molar-refractivity contribution in [2.24, 2.45) is 5.16 Å². The summed E-state index contributed by atoms with van der Waals surface area (Å²) in [4.78, 5) is 4.99. The van der Waals surface area contributed by atoms with Crippen LogP contribution in [-0.2, 0) is 4.84 Å². The molecule has 0 radical (unpaired) electrons. The van der Waals surface area contributed by atoms with Gasteiger partial charge in [-0.05, 0) is 26.3 Å². The molecule has 13 heavy (non-hydrogen) atoms. The average Bonchev–Trinajstić information content (AvgIpc) is 2.15. The highest BCUT2D eigenvalue weighted by molar-refractivity contribution is 5.99. The van der Waals surface area contributed by atoms with Crippen LogP contribution in [0.1, 0.15) is 25.0 Å². The summed E-state index contributed by atoms with van der Waals surface area (Å²) in [5.41, 5.74) is 3.30. The van der Waals surface area contributed by atoms with E-state index in [0.717, 1.165) is 11.3 Å². The molecule has 1 rings (SSSR count). The van der Waals surface area contributed by atoms with E-state index >= 15 is 0 Å². The quantitative estimate of drug-likeness (QED) is 0.514. The van der Waals surface area contributed by atoms with E-state index in [-0.39, 0.29) is 0 Å². The zero-order valence-corrected chi connectivity index (χ0v) is 8.37. The molecule has 1 aromatic rings. The Kier molecular flexibility index (Phi) is 3.50. The largest absolute Gasteiger partial charge is 0.396 e. The molecule has 70 valence electrons. The predicted molar refractivity (Wildman–Crippen MR) is 55.0 cm³/mol. The molecule has 0 N–H and O–H groups in total. The molecule has 0 fully saturated rings. The fourth-order valence-electron chi connectivity index (χ4n) is 1.19. The van der Waals surface area contributed by atoms with E-state index in [1.54, 1.807) is 0 Å². The minimum atomic E-state index is 0.614. The molecule has 0 unspecified atom stereocenters. The molecule has 0 aliphatic heterocycles. The first-order chi connectivity index (χ1) is 6.25. The lowest BCUT2D eigenvalue weighted by Crippen LogP contribution is -1.98. The van der Waals surface area contributed by atoms with E-state index in [0.29, 0.717) is 6.61 Å².